The predicted octanol–water partition coefficient (Wildman–Crippen LogP) is -0.971. The van der Waals surface area contributed by atoms with E-state index in [1.807, 2.05) is 0 Å². The molecule has 0 saturated carbocycles. The maximum absolute atomic E-state index is 10.9. The monoisotopic (exact) mass is 445 g/mol. The number of nitrogens with one attached hydrogen (secondary N) is 1. The number of nitrogens with zero attached hydrogens (tertiary/aromatic N) is 4. The van der Waals surface area contributed by atoms with Crippen molar-refractivity contribution in [1.29, 1.82) is 0 Å². The number of aliphatic hydroxyl groups excluding tert-OH is 2. The Balaban J connectivity index is 1.50. The van der Waals surface area contributed by atoms with E-state index in [2.05, 4.69) is 20.4 Å². The van der Waals surface area contributed by atoms with E-state index >= 15 is 0 Å². The van der Waals surface area contributed by atoms with Crippen LogP contribution in [0.15, 0.2) is 12.5 Å². The molecule has 4 rings (SSSR count). The molecule has 4 atom stereocenters. The highest BCUT2D eigenvalue weighted by Gasteiger charge is 2.45. The van der Waals surface area contributed by atoms with Crippen LogP contribution in [-0.4, -0.2) is 90.1 Å². The highest BCUT2D eigenvalue weighted by Crippen LogP contribution is 2.37. The lowest BCUT2D eigenvalue weighted by Crippen LogP contribution is -2.33. The summed E-state index contributed by atoms with van der Waals surface area (Å²) in [5.41, 5.74) is 0.858. The van der Waals surface area contributed by atoms with Gasteiger partial charge in [-0.2, -0.15) is 5.10 Å². The lowest BCUT2D eigenvalue weighted by atomic mass is 10.1. The zero-order valence-electron chi connectivity index (χ0n) is 15.9. The van der Waals surface area contributed by atoms with Crippen molar-refractivity contribution in [2.45, 2.75) is 43.3 Å². The van der Waals surface area contributed by atoms with Crippen LogP contribution in [0.3, 0.4) is 0 Å². The van der Waals surface area contributed by atoms with Crippen molar-refractivity contribution in [3.05, 3.63) is 18.2 Å². The molecule has 2 aliphatic heterocycles. The summed E-state index contributed by atoms with van der Waals surface area (Å²) in [7, 11) is -4.34. The Hall–Kier alpha value is -1.70. The number of aromatic nitrogens is 4. The minimum atomic E-state index is -4.34. The second-order valence-corrected chi connectivity index (χ2v) is 8.89. The molecule has 0 spiro atoms. The SMILES string of the molecule is O=P(O)(O)COC[C@H]1O[C@@H](c2cnc3c(NC4CCOCC4)ncnn23)[C@H](O)[C@@H]1O. The Morgan fingerprint density at radius 1 is 1.23 bits per heavy atom. The molecule has 0 radical (unpaired) electrons. The van der Waals surface area contributed by atoms with E-state index in [0.29, 0.717) is 30.4 Å². The van der Waals surface area contributed by atoms with Gasteiger partial charge in [0.15, 0.2) is 11.5 Å². The molecule has 2 aromatic heterocycles. The highest BCUT2D eigenvalue weighted by atomic mass is 31.2. The fraction of sp³-hybridized carbons (Fsp3) is 0.688. The first-order valence-electron chi connectivity index (χ1n) is 9.50. The molecule has 5 N–H and O–H groups in total. The second kappa shape index (κ2) is 8.81. The summed E-state index contributed by atoms with van der Waals surface area (Å²) >= 11 is 0. The number of aliphatic hydroxyl groups is 2. The van der Waals surface area contributed by atoms with E-state index in [9.17, 15) is 14.8 Å². The topological polar surface area (TPSA) is 181 Å². The molecule has 30 heavy (non-hydrogen) atoms. The van der Waals surface area contributed by atoms with Crippen molar-refractivity contribution >= 4 is 19.1 Å². The molecular formula is C16H24N5O8P. The van der Waals surface area contributed by atoms with Gasteiger partial charge in [0.25, 0.3) is 0 Å². The average Bonchev–Trinajstić information content (AvgIpc) is 3.25. The summed E-state index contributed by atoms with van der Waals surface area (Å²) < 4.78 is 28.4. The van der Waals surface area contributed by atoms with Crippen LogP contribution >= 0.6 is 7.60 Å². The number of ether oxygens (including phenoxy) is 3. The Kier molecular flexibility index (Phi) is 6.32. The minimum Gasteiger partial charge on any atom is -0.387 e. The maximum Gasteiger partial charge on any atom is 0.350 e. The third-order valence-electron chi connectivity index (χ3n) is 5.09. The first kappa shape index (κ1) is 21.5. The van der Waals surface area contributed by atoms with Gasteiger partial charge in [0, 0.05) is 19.3 Å². The lowest BCUT2D eigenvalue weighted by molar-refractivity contribution is -0.0402. The summed E-state index contributed by atoms with van der Waals surface area (Å²) in [6, 6.07) is 0.197. The maximum atomic E-state index is 10.9. The van der Waals surface area contributed by atoms with Gasteiger partial charge in [-0.3, -0.25) is 4.57 Å². The van der Waals surface area contributed by atoms with E-state index in [-0.39, 0.29) is 12.6 Å². The molecule has 0 aromatic carbocycles. The van der Waals surface area contributed by atoms with Crippen LogP contribution in [0.25, 0.3) is 5.65 Å². The standard InChI is InChI=1S/C16H24N5O8P/c22-12-11(6-28-8-30(24,25)26)29-14(13(12)23)10-5-17-16-15(18-7-19-21(10)16)20-9-1-3-27-4-2-9/h5,7,9,11-14,22-23H,1-4,6,8H2,(H,18,19,20)(H2,24,25,26)/t11-,12-,13-,14+/m1/s1. The van der Waals surface area contributed by atoms with Crippen LogP contribution in [0, 0.1) is 0 Å². The Bertz CT molecular complexity index is 916. The van der Waals surface area contributed by atoms with Crippen molar-refractivity contribution in [2.75, 3.05) is 31.5 Å². The molecule has 0 unspecified atom stereocenters. The molecule has 166 valence electrons. The first-order valence-corrected chi connectivity index (χ1v) is 11.3. The van der Waals surface area contributed by atoms with Gasteiger partial charge >= 0.3 is 7.60 Å². The number of hydrogen-bond acceptors (Lipinski definition) is 10. The lowest BCUT2D eigenvalue weighted by Gasteiger charge is -2.23. The van der Waals surface area contributed by atoms with Crippen LogP contribution in [-0.2, 0) is 18.8 Å². The van der Waals surface area contributed by atoms with Crippen molar-refractivity contribution in [3.63, 3.8) is 0 Å². The van der Waals surface area contributed by atoms with Crippen LogP contribution < -0.4 is 5.32 Å². The van der Waals surface area contributed by atoms with Crippen molar-refractivity contribution in [2.24, 2.45) is 0 Å². The number of hydrogen-bond donors (Lipinski definition) is 5. The summed E-state index contributed by atoms with van der Waals surface area (Å²) in [6.45, 7) is 1.05. The zero-order valence-corrected chi connectivity index (χ0v) is 16.8. The normalized spacial score (nSPS) is 28.3. The smallest absolute Gasteiger partial charge is 0.350 e. The van der Waals surface area contributed by atoms with E-state index in [4.69, 9.17) is 24.0 Å². The second-order valence-electron chi connectivity index (χ2n) is 7.30. The predicted molar refractivity (Wildman–Crippen MR) is 101 cm³/mol. The van der Waals surface area contributed by atoms with Gasteiger partial charge in [0.2, 0.25) is 0 Å². The number of anilines is 1. The van der Waals surface area contributed by atoms with Crippen LogP contribution in [0.2, 0.25) is 0 Å². The summed E-state index contributed by atoms with van der Waals surface area (Å²) in [5.74, 6) is 0.540. The number of rotatable bonds is 7. The molecule has 2 aromatic rings. The number of imidazole rings is 1. The Morgan fingerprint density at radius 2 is 2.00 bits per heavy atom. The fourth-order valence-electron chi connectivity index (χ4n) is 3.58. The van der Waals surface area contributed by atoms with Crippen LogP contribution in [0.5, 0.6) is 0 Å². The van der Waals surface area contributed by atoms with Crippen molar-refractivity contribution in [1.82, 2.24) is 19.6 Å². The molecule has 0 amide bonds. The molecule has 0 bridgehead atoms. The minimum absolute atomic E-state index is 0.197. The fourth-order valence-corrected chi connectivity index (χ4v) is 3.93. The number of fused-ring (bicyclic) bond motifs is 1. The third-order valence-corrected chi connectivity index (χ3v) is 5.61. The first-order chi connectivity index (χ1) is 14.3. The van der Waals surface area contributed by atoms with Crippen molar-refractivity contribution < 1.29 is 38.8 Å². The van der Waals surface area contributed by atoms with Gasteiger partial charge in [-0.05, 0) is 12.8 Å². The van der Waals surface area contributed by atoms with Gasteiger partial charge in [-0.15, -0.1) is 0 Å². The molecule has 2 fully saturated rings. The van der Waals surface area contributed by atoms with E-state index < -0.39 is 38.4 Å². The summed E-state index contributed by atoms with van der Waals surface area (Å²) in [4.78, 5) is 26.3. The van der Waals surface area contributed by atoms with Gasteiger partial charge in [-0.25, -0.2) is 14.5 Å². The van der Waals surface area contributed by atoms with E-state index in [0.717, 1.165) is 12.8 Å². The Labute approximate surface area is 171 Å². The molecule has 14 heteroatoms. The average molecular weight is 445 g/mol. The van der Waals surface area contributed by atoms with Gasteiger partial charge < -0.3 is 39.5 Å². The summed E-state index contributed by atoms with van der Waals surface area (Å²) in [6.07, 6.45) is -0.795. The van der Waals surface area contributed by atoms with Crippen LogP contribution in [0.1, 0.15) is 24.6 Å². The van der Waals surface area contributed by atoms with Gasteiger partial charge in [0.1, 0.15) is 37.1 Å². The van der Waals surface area contributed by atoms with Crippen LogP contribution in [0.4, 0.5) is 5.82 Å². The molecule has 2 saturated heterocycles. The quantitative estimate of drug-likeness (QED) is 0.329. The molecule has 13 nitrogen and oxygen atoms in total. The van der Waals surface area contributed by atoms with E-state index in [1.165, 1.54) is 17.0 Å². The van der Waals surface area contributed by atoms with Gasteiger partial charge in [-0.1, -0.05) is 0 Å². The van der Waals surface area contributed by atoms with E-state index in [1.54, 1.807) is 0 Å². The molecule has 2 aliphatic rings. The molecular weight excluding hydrogens is 421 g/mol. The highest BCUT2D eigenvalue weighted by molar-refractivity contribution is 7.51. The van der Waals surface area contributed by atoms with Crippen molar-refractivity contribution in [3.8, 4) is 0 Å². The molecule has 0 aliphatic carbocycles. The Morgan fingerprint density at radius 3 is 2.73 bits per heavy atom. The third kappa shape index (κ3) is 4.63. The van der Waals surface area contributed by atoms with Gasteiger partial charge in [0.05, 0.1) is 18.5 Å². The summed E-state index contributed by atoms with van der Waals surface area (Å²) in [5, 5.41) is 28.2. The largest absolute Gasteiger partial charge is 0.387 e. The zero-order chi connectivity index (χ0) is 21.3. The molecule has 4 heterocycles.